The topological polar surface area (TPSA) is 116 Å². The van der Waals surface area contributed by atoms with Gasteiger partial charge in [-0.25, -0.2) is 0 Å². The van der Waals surface area contributed by atoms with Crippen LogP contribution in [0.15, 0.2) is 12.7 Å². The Morgan fingerprint density at radius 3 is 2.64 bits per heavy atom. The Bertz CT molecular complexity index is 686. The maximum atomic E-state index is 9.98. The first-order chi connectivity index (χ1) is 10.5. The van der Waals surface area contributed by atoms with Crippen LogP contribution in [0.4, 0.5) is 0 Å². The second-order valence-corrected chi connectivity index (χ2v) is 8.47. The fourth-order valence-corrected chi connectivity index (χ4v) is 2.57. The molecule has 0 spiro atoms. The van der Waals surface area contributed by atoms with Gasteiger partial charge in [0.1, 0.15) is 0 Å². The van der Waals surface area contributed by atoms with Crippen LogP contribution in [0, 0.1) is 4.19 Å². The Kier molecular flexibility index (Phi) is 7.01. The van der Waals surface area contributed by atoms with Gasteiger partial charge in [0, 0.05) is 0 Å². The second kappa shape index (κ2) is 8.33. The maximum absolute atomic E-state index is 9.98. The number of fused-ring (bicyclic) bond motifs is 1. The van der Waals surface area contributed by atoms with Crippen molar-refractivity contribution in [3.8, 4) is 0 Å². The van der Waals surface area contributed by atoms with Gasteiger partial charge in [-0.2, -0.15) is 0 Å². The molecule has 0 amide bonds. The Morgan fingerprint density at radius 2 is 2.05 bits per heavy atom. The molecule has 8 nitrogen and oxygen atoms in total. The molecule has 0 radical (unpaired) electrons. The summed E-state index contributed by atoms with van der Waals surface area (Å²) in [6.07, 6.45) is -0.965. The average Bonchev–Trinajstić information content (AvgIpc) is 3.04. The van der Waals surface area contributed by atoms with Crippen molar-refractivity contribution >= 4 is 45.6 Å². The molecule has 1 aliphatic rings. The number of H-pyrrole nitrogens is 1. The van der Waals surface area contributed by atoms with Crippen LogP contribution >= 0.6 is 18.8 Å². The molecule has 4 atom stereocenters. The molecule has 2 aromatic heterocycles. The van der Waals surface area contributed by atoms with E-state index in [4.69, 9.17) is 28.7 Å². The molecule has 1 aliphatic heterocycles. The van der Waals surface area contributed by atoms with E-state index in [-0.39, 0.29) is 6.61 Å². The van der Waals surface area contributed by atoms with Crippen molar-refractivity contribution in [3.05, 3.63) is 16.8 Å². The van der Waals surface area contributed by atoms with Crippen LogP contribution in [0.25, 0.3) is 11.2 Å². The van der Waals surface area contributed by atoms with Gasteiger partial charge in [0.25, 0.3) is 0 Å². The van der Waals surface area contributed by atoms with Crippen LogP contribution in [0.3, 0.4) is 0 Å². The summed E-state index contributed by atoms with van der Waals surface area (Å²) in [5.74, 6) is 0. The van der Waals surface area contributed by atoms with Crippen LogP contribution in [0.2, 0.25) is 0 Å². The Morgan fingerprint density at radius 1 is 1.36 bits per heavy atom. The number of nitrogens with one attached hydrogen (secondary N) is 1. The van der Waals surface area contributed by atoms with Crippen molar-refractivity contribution in [1.82, 2.24) is 19.5 Å². The fourth-order valence-electron chi connectivity index (χ4n) is 2.16. The molecule has 4 N–H and O–H groups in total. The molecule has 126 valence electrons. The normalized spacial score (nSPS) is 27.9. The van der Waals surface area contributed by atoms with E-state index in [0.717, 1.165) is 4.19 Å². The van der Waals surface area contributed by atoms with Gasteiger partial charge in [0.2, 0.25) is 0 Å². The van der Waals surface area contributed by atoms with E-state index in [1.54, 1.807) is 0 Å². The van der Waals surface area contributed by atoms with E-state index >= 15 is 0 Å². The number of hydrogen-bond acceptors (Lipinski definition) is 6. The van der Waals surface area contributed by atoms with Crippen molar-refractivity contribution in [2.45, 2.75) is 24.5 Å². The molecule has 0 unspecified atom stereocenters. The number of hydrogen-bond donors (Lipinski definition) is 4. The summed E-state index contributed by atoms with van der Waals surface area (Å²) in [5.41, 5.74) is 1.13. The summed E-state index contributed by atoms with van der Waals surface area (Å²) in [6, 6.07) is 0. The van der Waals surface area contributed by atoms with E-state index in [1.807, 2.05) is 0 Å². The molecule has 3 rings (SSSR count). The summed E-state index contributed by atoms with van der Waals surface area (Å²) in [6.45, 7) is -0.366. The van der Waals surface area contributed by atoms with Crippen LogP contribution in [0.5, 0.6) is 0 Å². The molecule has 0 aromatic carbocycles. The Balaban J connectivity index is 0.000000545. The SMILES string of the molecule is OC[C@H]1O[C@@H](n2cnc3c(=[Se])[nH]cnc32)[C@H](O)[C@@H]1O.[Cl][Pt][Cl]. The van der Waals surface area contributed by atoms with Gasteiger partial charge in [0.05, 0.1) is 0 Å². The van der Waals surface area contributed by atoms with Gasteiger partial charge in [0.15, 0.2) is 0 Å². The van der Waals surface area contributed by atoms with Crippen molar-refractivity contribution in [2.24, 2.45) is 0 Å². The third-order valence-corrected chi connectivity index (χ3v) is 3.81. The molecular formula is C10H12Cl2N4O4PtSe. The zero-order chi connectivity index (χ0) is 16.3. The van der Waals surface area contributed by atoms with Crippen molar-refractivity contribution in [3.63, 3.8) is 0 Å². The molecule has 0 bridgehead atoms. The number of aromatic nitrogens is 4. The van der Waals surface area contributed by atoms with E-state index < -0.39 is 41.0 Å². The number of aliphatic hydroxyl groups is 3. The molecule has 0 saturated carbocycles. The number of rotatable bonds is 2. The third-order valence-electron chi connectivity index (χ3n) is 3.16. The molecule has 2 aromatic rings. The van der Waals surface area contributed by atoms with Crippen LogP contribution in [-0.4, -0.2) is 75.3 Å². The first kappa shape index (κ1) is 18.5. The fraction of sp³-hybridized carbons (Fsp3) is 0.500. The van der Waals surface area contributed by atoms with Crippen LogP contribution < -0.4 is 0 Å². The van der Waals surface area contributed by atoms with E-state index in [1.165, 1.54) is 17.2 Å². The van der Waals surface area contributed by atoms with Crippen LogP contribution in [0.1, 0.15) is 6.23 Å². The average molecular weight is 597 g/mol. The molecular weight excluding hydrogens is 585 g/mol. The summed E-state index contributed by atoms with van der Waals surface area (Å²) in [5, 5.41) is 28.8. The standard InChI is InChI=1S/C10H12N4O4Se.2ClH.Pt/c15-1-4-6(16)7(17)10(18-4)14-3-13-5-8(14)11-2-12-9(5)19;;;/h2-4,6-7,10,15-17H,1H2,(H,11,12,19);2*1H;/q;;;+2/p-2/t4-,6-,7-,10-;;;/m1.../s1. The van der Waals surface area contributed by atoms with Crippen LogP contribution in [-0.2, 0) is 21.2 Å². The van der Waals surface area contributed by atoms with Crippen molar-refractivity contribution in [1.29, 1.82) is 0 Å². The van der Waals surface area contributed by atoms with Crippen molar-refractivity contribution < 1.29 is 36.5 Å². The number of halogens is 2. The molecule has 12 heteroatoms. The minimum absolute atomic E-state index is 0.366. The Hall–Kier alpha value is 0.178. The molecule has 1 saturated heterocycles. The summed E-state index contributed by atoms with van der Waals surface area (Å²) in [4.78, 5) is 11.2. The minimum atomic E-state index is -1.15. The second-order valence-electron chi connectivity index (χ2n) is 4.33. The van der Waals surface area contributed by atoms with Gasteiger partial charge in [-0.3, -0.25) is 0 Å². The zero-order valence-corrected chi connectivity index (χ0v) is 16.2. The van der Waals surface area contributed by atoms with Gasteiger partial charge in [-0.1, -0.05) is 0 Å². The molecule has 22 heavy (non-hydrogen) atoms. The number of imidazole rings is 1. The zero-order valence-electron chi connectivity index (χ0n) is 10.7. The number of aliphatic hydroxyl groups excluding tert-OH is 3. The number of ether oxygens (including phenoxy) is 1. The predicted octanol–water partition coefficient (Wildman–Crippen LogP) is -0.552. The molecule has 0 aliphatic carbocycles. The molecule has 3 heterocycles. The molecule has 1 fully saturated rings. The Labute approximate surface area is 149 Å². The summed E-state index contributed by atoms with van der Waals surface area (Å²) < 4.78 is 7.69. The quantitative estimate of drug-likeness (QED) is 0.346. The van der Waals surface area contributed by atoms with Gasteiger partial charge in [-0.15, -0.1) is 0 Å². The first-order valence-electron chi connectivity index (χ1n) is 5.90. The third kappa shape index (κ3) is 3.64. The predicted molar refractivity (Wildman–Crippen MR) is 75.6 cm³/mol. The summed E-state index contributed by atoms with van der Waals surface area (Å²) in [7, 11) is 9.75. The van der Waals surface area contributed by atoms with E-state index in [9.17, 15) is 10.2 Å². The van der Waals surface area contributed by atoms with Gasteiger partial charge < -0.3 is 0 Å². The number of nitrogens with zero attached hydrogens (tertiary/aromatic N) is 3. The van der Waals surface area contributed by atoms with E-state index in [2.05, 4.69) is 30.5 Å². The van der Waals surface area contributed by atoms with Gasteiger partial charge >= 0.3 is 150 Å². The monoisotopic (exact) mass is 597 g/mol. The van der Waals surface area contributed by atoms with Gasteiger partial charge in [-0.05, 0) is 0 Å². The first-order valence-corrected chi connectivity index (χ1v) is 12.4. The number of aromatic amines is 1. The summed E-state index contributed by atoms with van der Waals surface area (Å²) >= 11 is 2.35. The van der Waals surface area contributed by atoms with E-state index in [0.29, 0.717) is 11.2 Å². The van der Waals surface area contributed by atoms with Crippen molar-refractivity contribution in [2.75, 3.05) is 6.61 Å².